The van der Waals surface area contributed by atoms with E-state index in [1.165, 1.54) is 24.3 Å². The number of anilines is 1. The summed E-state index contributed by atoms with van der Waals surface area (Å²) in [6.07, 6.45) is -1.16. The summed E-state index contributed by atoms with van der Waals surface area (Å²) >= 11 is 0. The molecular weight excluding hydrogens is 419 g/mol. The van der Waals surface area contributed by atoms with Crippen LogP contribution in [0.25, 0.3) is 0 Å². The Hall–Kier alpha value is -4.33. The second-order valence-electron chi connectivity index (χ2n) is 6.74. The highest BCUT2D eigenvalue weighted by atomic mass is 19.1. The Bertz CT molecular complexity index is 1200. The number of hydrogen-bond donors (Lipinski definition) is 3. The zero-order valence-electron chi connectivity index (χ0n) is 18.4. The summed E-state index contributed by atoms with van der Waals surface area (Å²) in [5, 5.41) is 2.83. The summed E-state index contributed by atoms with van der Waals surface area (Å²) in [7, 11) is 0. The molecule has 168 valence electrons. The molecule has 8 heteroatoms. The molecule has 5 N–H and O–H groups in total. The number of carbonyl (C=O) groups excluding carboxylic acids is 1. The van der Waals surface area contributed by atoms with Gasteiger partial charge in [0.05, 0.1) is 11.4 Å². The van der Waals surface area contributed by atoms with Crippen molar-refractivity contribution in [1.82, 2.24) is 0 Å². The number of guanidine groups is 1. The van der Waals surface area contributed by atoms with Crippen molar-refractivity contribution in [3.05, 3.63) is 101 Å². The largest absolute Gasteiger partial charge is 0.383 e. The number of fused-ring (bicyclic) bond motifs is 1. The van der Waals surface area contributed by atoms with E-state index in [0.29, 0.717) is 17.0 Å². The number of carbonyl (C=O) groups is 1. The summed E-state index contributed by atoms with van der Waals surface area (Å²) in [5.41, 5.74) is 15.2. The molecule has 1 aliphatic heterocycles. The molecule has 33 heavy (non-hydrogen) atoms. The SMILES string of the molecule is CC.N/C(=N\C(N)=N\C1N=C(c2ccccc2)c2ccccc2NC1=O)c1ccc(F)cc1. The molecule has 0 saturated carbocycles. The zero-order valence-corrected chi connectivity index (χ0v) is 18.4. The van der Waals surface area contributed by atoms with E-state index < -0.39 is 17.9 Å². The lowest BCUT2D eigenvalue weighted by molar-refractivity contribution is -0.117. The fourth-order valence-electron chi connectivity index (χ4n) is 3.12. The van der Waals surface area contributed by atoms with Gasteiger partial charge >= 0.3 is 0 Å². The molecule has 1 unspecified atom stereocenters. The minimum Gasteiger partial charge on any atom is -0.383 e. The van der Waals surface area contributed by atoms with E-state index in [2.05, 4.69) is 20.3 Å². The number of nitrogens with two attached hydrogens (primary N) is 2. The molecule has 0 fully saturated rings. The first-order chi connectivity index (χ1) is 16.0. The zero-order chi connectivity index (χ0) is 23.8. The van der Waals surface area contributed by atoms with Crippen molar-refractivity contribution in [2.45, 2.75) is 20.0 Å². The van der Waals surface area contributed by atoms with Crippen LogP contribution < -0.4 is 16.8 Å². The molecule has 4 rings (SSSR count). The highest BCUT2D eigenvalue weighted by molar-refractivity contribution is 6.19. The summed E-state index contributed by atoms with van der Waals surface area (Å²) in [6.45, 7) is 4.00. The van der Waals surface area contributed by atoms with Crippen LogP contribution in [0.4, 0.5) is 10.1 Å². The Morgan fingerprint density at radius 3 is 2.27 bits per heavy atom. The van der Waals surface area contributed by atoms with E-state index >= 15 is 0 Å². The molecule has 1 aliphatic rings. The maximum atomic E-state index is 13.1. The Morgan fingerprint density at radius 1 is 0.939 bits per heavy atom. The van der Waals surface area contributed by atoms with E-state index in [4.69, 9.17) is 11.5 Å². The van der Waals surface area contributed by atoms with Gasteiger partial charge in [-0.1, -0.05) is 62.4 Å². The summed E-state index contributed by atoms with van der Waals surface area (Å²) < 4.78 is 13.1. The molecule has 3 aromatic carbocycles. The Kier molecular flexibility index (Phi) is 7.64. The number of amides is 1. The van der Waals surface area contributed by atoms with Gasteiger partial charge in [-0.05, 0) is 30.3 Å². The Labute approximate surface area is 191 Å². The van der Waals surface area contributed by atoms with Gasteiger partial charge in [0, 0.05) is 16.7 Å². The van der Waals surface area contributed by atoms with Crippen molar-refractivity contribution < 1.29 is 9.18 Å². The minimum absolute atomic E-state index is 0.0471. The Morgan fingerprint density at radius 2 is 1.58 bits per heavy atom. The minimum atomic E-state index is -1.16. The number of amidine groups is 1. The Balaban J connectivity index is 0.00000149. The summed E-state index contributed by atoms with van der Waals surface area (Å²) in [4.78, 5) is 25.6. The van der Waals surface area contributed by atoms with Gasteiger partial charge < -0.3 is 16.8 Å². The number of hydrogen-bond acceptors (Lipinski definition) is 3. The lowest BCUT2D eigenvalue weighted by Crippen LogP contribution is -2.27. The summed E-state index contributed by atoms with van der Waals surface area (Å²) in [5.74, 6) is -1.01. The smallest absolute Gasteiger partial charge is 0.271 e. The molecule has 0 radical (unpaired) electrons. The number of benzodiazepines with no additional fused rings is 1. The number of nitrogens with zero attached hydrogens (tertiary/aromatic N) is 3. The molecule has 1 amide bonds. The molecular formula is C25H25FN6O. The molecule has 0 aliphatic carbocycles. The van der Waals surface area contributed by atoms with Crippen molar-refractivity contribution in [2.24, 2.45) is 26.4 Å². The van der Waals surface area contributed by atoms with Crippen molar-refractivity contribution in [2.75, 3.05) is 5.32 Å². The van der Waals surface area contributed by atoms with Crippen LogP contribution in [0.15, 0.2) is 93.8 Å². The van der Waals surface area contributed by atoms with Crippen LogP contribution >= 0.6 is 0 Å². The quantitative estimate of drug-likeness (QED) is 0.422. The second kappa shape index (κ2) is 10.8. The van der Waals surface area contributed by atoms with Gasteiger partial charge in [-0.15, -0.1) is 0 Å². The molecule has 0 spiro atoms. The van der Waals surface area contributed by atoms with E-state index in [1.54, 1.807) is 6.07 Å². The van der Waals surface area contributed by atoms with Gasteiger partial charge in [0.25, 0.3) is 5.91 Å². The predicted octanol–water partition coefficient (Wildman–Crippen LogP) is 3.69. The van der Waals surface area contributed by atoms with Gasteiger partial charge in [0.2, 0.25) is 12.1 Å². The third-order valence-corrected chi connectivity index (χ3v) is 4.60. The molecule has 0 bridgehead atoms. The highest BCUT2D eigenvalue weighted by Gasteiger charge is 2.25. The maximum Gasteiger partial charge on any atom is 0.271 e. The number of para-hydroxylation sites is 1. The second-order valence-corrected chi connectivity index (χ2v) is 6.74. The van der Waals surface area contributed by atoms with Crippen LogP contribution in [-0.4, -0.2) is 29.6 Å². The molecule has 7 nitrogen and oxygen atoms in total. The number of benzene rings is 3. The van der Waals surface area contributed by atoms with E-state index in [0.717, 1.165) is 11.1 Å². The van der Waals surface area contributed by atoms with Gasteiger partial charge in [0.1, 0.15) is 11.7 Å². The lowest BCUT2D eigenvalue weighted by Gasteiger charge is -2.09. The van der Waals surface area contributed by atoms with Crippen LogP contribution in [0.3, 0.4) is 0 Å². The van der Waals surface area contributed by atoms with Crippen LogP contribution in [-0.2, 0) is 4.79 Å². The highest BCUT2D eigenvalue weighted by Crippen LogP contribution is 2.24. The van der Waals surface area contributed by atoms with E-state index in [9.17, 15) is 9.18 Å². The average Bonchev–Trinajstić information content (AvgIpc) is 2.97. The van der Waals surface area contributed by atoms with Crippen LogP contribution in [0.2, 0.25) is 0 Å². The van der Waals surface area contributed by atoms with Crippen molar-refractivity contribution in [3.63, 3.8) is 0 Å². The molecule has 1 heterocycles. The molecule has 1 atom stereocenters. The average molecular weight is 445 g/mol. The third kappa shape index (κ3) is 5.68. The first kappa shape index (κ1) is 23.3. The fraction of sp³-hybridized carbons (Fsp3) is 0.120. The van der Waals surface area contributed by atoms with Gasteiger partial charge in [0.15, 0.2) is 0 Å². The molecule has 0 saturated heterocycles. The number of rotatable bonds is 3. The van der Waals surface area contributed by atoms with E-state index in [1.807, 2.05) is 62.4 Å². The normalized spacial score (nSPS) is 15.9. The van der Waals surface area contributed by atoms with Crippen LogP contribution in [0, 0.1) is 5.82 Å². The lowest BCUT2D eigenvalue weighted by atomic mass is 10.0. The topological polar surface area (TPSA) is 118 Å². The standard InChI is InChI=1S/C23H19FN6O.C2H6/c24-16-12-10-15(11-13-16)20(25)29-23(26)30-21-22(31)27-18-9-5-4-8-17(18)19(28-21)14-6-2-1-3-7-14;1-2/h1-13,21H,(H,27,31)(H4,25,26,29,30);1-2H3. The number of aliphatic imine (C=N–C) groups is 3. The first-order valence-electron chi connectivity index (χ1n) is 10.5. The molecule has 3 aromatic rings. The van der Waals surface area contributed by atoms with Gasteiger partial charge in [-0.2, -0.15) is 4.99 Å². The van der Waals surface area contributed by atoms with Crippen LogP contribution in [0.5, 0.6) is 0 Å². The fourth-order valence-corrected chi connectivity index (χ4v) is 3.12. The maximum absolute atomic E-state index is 13.1. The van der Waals surface area contributed by atoms with Crippen LogP contribution in [0.1, 0.15) is 30.5 Å². The monoisotopic (exact) mass is 444 g/mol. The number of nitrogens with one attached hydrogen (secondary N) is 1. The van der Waals surface area contributed by atoms with E-state index in [-0.39, 0.29) is 11.8 Å². The van der Waals surface area contributed by atoms with Crippen molar-refractivity contribution in [3.8, 4) is 0 Å². The van der Waals surface area contributed by atoms with Gasteiger partial charge in [-0.3, -0.25) is 4.79 Å². The number of halogens is 1. The molecule has 0 aromatic heterocycles. The third-order valence-electron chi connectivity index (χ3n) is 4.60. The first-order valence-corrected chi connectivity index (χ1v) is 10.5. The van der Waals surface area contributed by atoms with Gasteiger partial charge in [-0.25, -0.2) is 14.4 Å². The van der Waals surface area contributed by atoms with Crippen molar-refractivity contribution >= 4 is 29.1 Å². The predicted molar refractivity (Wildman–Crippen MR) is 131 cm³/mol. The van der Waals surface area contributed by atoms with Crippen molar-refractivity contribution in [1.29, 1.82) is 0 Å². The summed E-state index contributed by atoms with van der Waals surface area (Å²) in [6, 6.07) is 22.3.